The Kier molecular flexibility index (Phi) is 5.60. The maximum atomic E-state index is 12.8. The summed E-state index contributed by atoms with van der Waals surface area (Å²) in [5, 5.41) is 2.88. The van der Waals surface area contributed by atoms with Gasteiger partial charge in [-0.15, -0.1) is 0 Å². The highest BCUT2D eigenvalue weighted by Crippen LogP contribution is 2.39. The van der Waals surface area contributed by atoms with E-state index in [9.17, 15) is 9.59 Å². The monoisotopic (exact) mass is 365 g/mol. The summed E-state index contributed by atoms with van der Waals surface area (Å²) < 4.78 is 10.4. The van der Waals surface area contributed by atoms with Crippen LogP contribution in [0.1, 0.15) is 29.9 Å². The average Bonchev–Trinajstić information content (AvgIpc) is 3.11. The minimum Gasteiger partial charge on any atom is -0.497 e. The quantitative estimate of drug-likeness (QED) is 0.798. The van der Waals surface area contributed by atoms with Crippen LogP contribution in [-0.4, -0.2) is 31.6 Å². The van der Waals surface area contributed by atoms with E-state index in [2.05, 4.69) is 5.32 Å². The van der Waals surface area contributed by atoms with Gasteiger partial charge in [0.25, 0.3) is 0 Å². The fraction of sp³-hybridized carbons (Fsp3) is 0.273. The van der Waals surface area contributed by atoms with Gasteiger partial charge in [0.1, 0.15) is 11.3 Å². The summed E-state index contributed by atoms with van der Waals surface area (Å²) in [6, 6.07) is 17.4. The van der Waals surface area contributed by atoms with Gasteiger partial charge < -0.3 is 14.8 Å². The molecule has 0 aliphatic carbocycles. The molecular formula is C22H23NO4. The maximum absolute atomic E-state index is 12.8. The molecule has 2 aromatic carbocycles. The second-order valence-corrected chi connectivity index (χ2v) is 6.54. The van der Waals surface area contributed by atoms with Crippen LogP contribution in [0.4, 0.5) is 0 Å². The Balaban J connectivity index is 2.09. The van der Waals surface area contributed by atoms with Crippen molar-refractivity contribution < 1.29 is 19.1 Å². The normalized spacial score (nSPS) is 20.3. The third-order valence-electron chi connectivity index (χ3n) is 4.92. The van der Waals surface area contributed by atoms with E-state index >= 15 is 0 Å². The molecule has 1 fully saturated rings. The van der Waals surface area contributed by atoms with Gasteiger partial charge in [-0.1, -0.05) is 54.6 Å². The number of hydrogen-bond donors (Lipinski definition) is 1. The highest BCUT2D eigenvalue weighted by Gasteiger charge is 2.51. The van der Waals surface area contributed by atoms with Crippen LogP contribution in [0.15, 0.2) is 60.7 Å². The lowest BCUT2D eigenvalue weighted by Crippen LogP contribution is -2.53. The lowest BCUT2D eigenvalue weighted by atomic mass is 9.77. The Hall–Kier alpha value is -3.08. The highest BCUT2D eigenvalue weighted by molar-refractivity contribution is 5.93. The van der Waals surface area contributed by atoms with Gasteiger partial charge in [-0.05, 0) is 29.7 Å². The molecule has 5 heteroatoms. The first-order valence-electron chi connectivity index (χ1n) is 8.85. The predicted octanol–water partition coefficient (Wildman–Crippen LogP) is 3.31. The third kappa shape index (κ3) is 3.87. The molecule has 0 unspecified atom stereocenters. The van der Waals surface area contributed by atoms with Crippen LogP contribution < -0.4 is 10.1 Å². The van der Waals surface area contributed by atoms with Gasteiger partial charge in [-0.25, -0.2) is 4.79 Å². The largest absolute Gasteiger partial charge is 0.497 e. The van der Waals surface area contributed by atoms with Crippen molar-refractivity contribution in [2.45, 2.75) is 24.3 Å². The first kappa shape index (κ1) is 18.7. The zero-order chi connectivity index (χ0) is 19.3. The number of benzene rings is 2. The van der Waals surface area contributed by atoms with E-state index in [1.807, 2.05) is 66.7 Å². The molecule has 0 radical (unpaired) electrons. The number of carbonyl (C=O) groups excluding carboxylic acids is 2. The Bertz CT molecular complexity index is 846. The zero-order valence-electron chi connectivity index (χ0n) is 15.5. The van der Waals surface area contributed by atoms with Gasteiger partial charge in [0.2, 0.25) is 5.91 Å². The minimum atomic E-state index is -1.14. The molecular weight excluding hydrogens is 342 g/mol. The molecule has 3 rings (SSSR count). The predicted molar refractivity (Wildman–Crippen MR) is 103 cm³/mol. The number of rotatable bonds is 6. The molecule has 27 heavy (non-hydrogen) atoms. The van der Waals surface area contributed by atoms with Crippen LogP contribution in [0, 0.1) is 0 Å². The van der Waals surface area contributed by atoms with Gasteiger partial charge >= 0.3 is 5.97 Å². The van der Waals surface area contributed by atoms with E-state index in [4.69, 9.17) is 9.47 Å². The Morgan fingerprint density at radius 1 is 1.15 bits per heavy atom. The van der Waals surface area contributed by atoms with E-state index in [0.717, 1.165) is 11.1 Å². The van der Waals surface area contributed by atoms with Gasteiger partial charge in [-0.3, -0.25) is 4.79 Å². The summed E-state index contributed by atoms with van der Waals surface area (Å²) in [6.07, 6.45) is 4.57. The first-order valence-corrected chi connectivity index (χ1v) is 8.85. The van der Waals surface area contributed by atoms with Gasteiger partial charge in [0.05, 0.1) is 14.2 Å². The standard InChI is InChI=1S/C22H23NO4/c1-26-18-10-6-9-17(15-18)19(12-11-16-7-4-3-5-8-16)22(21(25)27-2)14-13-20(24)23-22/h3-12,15,19H,13-14H2,1-2H3,(H,23,24)/b12-11-/t19-,22-/m0/s1. The van der Waals surface area contributed by atoms with Crippen LogP contribution in [0.2, 0.25) is 0 Å². The van der Waals surface area contributed by atoms with Crippen molar-refractivity contribution in [3.8, 4) is 5.75 Å². The minimum absolute atomic E-state index is 0.151. The topological polar surface area (TPSA) is 64.6 Å². The molecule has 0 bridgehead atoms. The van der Waals surface area contributed by atoms with Crippen LogP contribution in [-0.2, 0) is 14.3 Å². The molecule has 1 aliphatic heterocycles. The number of nitrogens with one attached hydrogen (secondary N) is 1. The second kappa shape index (κ2) is 8.08. The number of amides is 1. The number of ether oxygens (including phenoxy) is 2. The van der Waals surface area contributed by atoms with Gasteiger partial charge in [-0.2, -0.15) is 0 Å². The number of hydrogen-bond acceptors (Lipinski definition) is 4. The van der Waals surface area contributed by atoms with Crippen molar-refractivity contribution >= 4 is 18.0 Å². The molecule has 1 heterocycles. The molecule has 0 spiro atoms. The average molecular weight is 365 g/mol. The molecule has 1 saturated heterocycles. The maximum Gasteiger partial charge on any atom is 0.332 e. The fourth-order valence-electron chi connectivity index (χ4n) is 3.55. The lowest BCUT2D eigenvalue weighted by Gasteiger charge is -2.33. The molecule has 2 aromatic rings. The molecule has 140 valence electrons. The smallest absolute Gasteiger partial charge is 0.332 e. The van der Waals surface area contributed by atoms with E-state index in [1.165, 1.54) is 7.11 Å². The van der Waals surface area contributed by atoms with Crippen molar-refractivity contribution in [1.29, 1.82) is 0 Å². The van der Waals surface area contributed by atoms with Crippen LogP contribution in [0.3, 0.4) is 0 Å². The van der Waals surface area contributed by atoms with Crippen molar-refractivity contribution in [3.05, 3.63) is 71.8 Å². The van der Waals surface area contributed by atoms with Crippen LogP contribution in [0.25, 0.3) is 6.08 Å². The number of carbonyl (C=O) groups is 2. The van der Waals surface area contributed by atoms with Crippen LogP contribution in [0.5, 0.6) is 5.75 Å². The van der Waals surface area contributed by atoms with Crippen molar-refractivity contribution in [3.63, 3.8) is 0 Å². The first-order chi connectivity index (χ1) is 13.1. The molecule has 1 N–H and O–H groups in total. The molecule has 1 amide bonds. The van der Waals surface area contributed by atoms with Crippen molar-refractivity contribution in [2.75, 3.05) is 14.2 Å². The Labute approximate surface area is 159 Å². The second-order valence-electron chi connectivity index (χ2n) is 6.54. The Morgan fingerprint density at radius 3 is 2.56 bits per heavy atom. The molecule has 0 saturated carbocycles. The number of methoxy groups -OCH3 is 2. The van der Waals surface area contributed by atoms with E-state index < -0.39 is 17.4 Å². The lowest BCUT2D eigenvalue weighted by molar-refractivity contribution is -0.149. The van der Waals surface area contributed by atoms with E-state index in [0.29, 0.717) is 12.2 Å². The molecule has 5 nitrogen and oxygen atoms in total. The third-order valence-corrected chi connectivity index (χ3v) is 4.92. The number of esters is 1. The summed E-state index contributed by atoms with van der Waals surface area (Å²) in [6.45, 7) is 0. The molecule has 1 aliphatic rings. The highest BCUT2D eigenvalue weighted by atomic mass is 16.5. The van der Waals surface area contributed by atoms with Crippen LogP contribution >= 0.6 is 0 Å². The van der Waals surface area contributed by atoms with Crippen molar-refractivity contribution in [1.82, 2.24) is 5.32 Å². The Morgan fingerprint density at radius 2 is 1.93 bits per heavy atom. The van der Waals surface area contributed by atoms with Gasteiger partial charge in [0.15, 0.2) is 0 Å². The summed E-state index contributed by atoms with van der Waals surface area (Å²) in [5.41, 5.74) is 0.743. The SMILES string of the molecule is COC(=O)[C@@]1([C@@H](/C=C\c2ccccc2)c2cccc(OC)c2)CCC(=O)N1. The summed E-state index contributed by atoms with van der Waals surface area (Å²) in [4.78, 5) is 24.8. The van der Waals surface area contributed by atoms with Gasteiger partial charge in [0, 0.05) is 12.3 Å². The summed E-state index contributed by atoms with van der Waals surface area (Å²) in [7, 11) is 2.94. The summed E-state index contributed by atoms with van der Waals surface area (Å²) >= 11 is 0. The summed E-state index contributed by atoms with van der Waals surface area (Å²) in [5.74, 6) is -0.304. The fourth-order valence-corrected chi connectivity index (χ4v) is 3.55. The van der Waals surface area contributed by atoms with E-state index in [1.54, 1.807) is 7.11 Å². The van der Waals surface area contributed by atoms with E-state index in [-0.39, 0.29) is 12.3 Å². The zero-order valence-corrected chi connectivity index (χ0v) is 15.5. The molecule has 0 aromatic heterocycles. The van der Waals surface area contributed by atoms with Crippen molar-refractivity contribution in [2.24, 2.45) is 0 Å². The molecule has 2 atom stereocenters.